The van der Waals surface area contributed by atoms with Crippen LogP contribution in [0.3, 0.4) is 0 Å². The van der Waals surface area contributed by atoms with E-state index in [1.807, 2.05) is 0 Å². The van der Waals surface area contributed by atoms with E-state index in [1.54, 1.807) is 0 Å². The zero-order chi connectivity index (χ0) is 15.2. The van der Waals surface area contributed by atoms with Gasteiger partial charge in [-0.15, -0.1) is 0 Å². The SMILES string of the molecule is C[C@]12OC3(CCCCC3)O[C@H]1CB(O)O[C@H]2C1CCCCC1. The Morgan fingerprint density at radius 1 is 1.00 bits per heavy atom. The van der Waals surface area contributed by atoms with E-state index in [-0.39, 0.29) is 12.2 Å². The van der Waals surface area contributed by atoms with Gasteiger partial charge in [0.15, 0.2) is 5.79 Å². The minimum absolute atomic E-state index is 0.0251. The molecule has 0 radical (unpaired) electrons. The molecule has 0 amide bonds. The molecule has 2 saturated carbocycles. The predicted molar refractivity (Wildman–Crippen MR) is 84.4 cm³/mol. The van der Waals surface area contributed by atoms with Gasteiger partial charge in [-0.25, -0.2) is 0 Å². The van der Waals surface area contributed by atoms with Gasteiger partial charge in [-0.2, -0.15) is 0 Å². The first-order valence-electron chi connectivity index (χ1n) is 9.33. The number of ether oxygens (including phenoxy) is 2. The molecule has 0 aromatic heterocycles. The molecular weight excluding hydrogens is 279 g/mol. The first kappa shape index (κ1) is 15.4. The molecule has 4 aliphatic rings. The van der Waals surface area contributed by atoms with E-state index in [9.17, 15) is 5.02 Å². The van der Waals surface area contributed by atoms with Crippen LogP contribution in [-0.2, 0) is 14.1 Å². The molecule has 2 aliphatic heterocycles. The van der Waals surface area contributed by atoms with Gasteiger partial charge in [0.2, 0.25) is 0 Å². The Morgan fingerprint density at radius 3 is 2.41 bits per heavy atom. The monoisotopic (exact) mass is 308 g/mol. The fourth-order valence-electron chi connectivity index (χ4n) is 5.26. The summed E-state index contributed by atoms with van der Waals surface area (Å²) >= 11 is 0. The van der Waals surface area contributed by atoms with Gasteiger partial charge in [-0.3, -0.25) is 0 Å². The molecule has 124 valence electrons. The van der Waals surface area contributed by atoms with Gasteiger partial charge in [0, 0.05) is 19.2 Å². The molecule has 4 rings (SSSR count). The molecule has 2 heterocycles. The van der Waals surface area contributed by atoms with Gasteiger partial charge in [-0.1, -0.05) is 25.7 Å². The molecule has 2 saturated heterocycles. The smallest absolute Gasteiger partial charge is 0.427 e. The van der Waals surface area contributed by atoms with Crippen molar-refractivity contribution >= 4 is 7.12 Å². The maximum atomic E-state index is 10.2. The summed E-state index contributed by atoms with van der Waals surface area (Å²) in [6.07, 6.45) is 12.4. The number of rotatable bonds is 1. The molecule has 0 aromatic rings. The van der Waals surface area contributed by atoms with Crippen molar-refractivity contribution in [1.29, 1.82) is 0 Å². The van der Waals surface area contributed by atoms with E-state index < -0.39 is 18.5 Å². The van der Waals surface area contributed by atoms with Gasteiger partial charge in [-0.05, 0) is 38.5 Å². The van der Waals surface area contributed by atoms with Gasteiger partial charge in [0.1, 0.15) is 5.60 Å². The van der Waals surface area contributed by atoms with E-state index in [2.05, 4.69) is 6.92 Å². The summed E-state index contributed by atoms with van der Waals surface area (Å²) in [5.41, 5.74) is -0.390. The Bertz CT molecular complexity index is 405. The molecule has 22 heavy (non-hydrogen) atoms. The minimum atomic E-state index is -0.702. The van der Waals surface area contributed by atoms with Crippen LogP contribution in [0, 0.1) is 5.92 Å². The highest BCUT2D eigenvalue weighted by atomic mass is 16.8. The number of hydrogen-bond donors (Lipinski definition) is 1. The Morgan fingerprint density at radius 2 is 1.68 bits per heavy atom. The molecule has 0 unspecified atom stereocenters. The summed E-state index contributed by atoms with van der Waals surface area (Å²) in [6, 6.07) is 0. The van der Waals surface area contributed by atoms with Crippen LogP contribution in [0.2, 0.25) is 6.32 Å². The highest BCUT2D eigenvalue weighted by Gasteiger charge is 2.63. The van der Waals surface area contributed by atoms with Crippen molar-refractivity contribution in [2.45, 2.75) is 101 Å². The molecular formula is C17H29BO4. The highest BCUT2D eigenvalue weighted by Crippen LogP contribution is 2.52. The molecule has 2 aliphatic carbocycles. The lowest BCUT2D eigenvalue weighted by Crippen LogP contribution is -2.59. The van der Waals surface area contributed by atoms with Crippen LogP contribution in [0.4, 0.5) is 0 Å². The van der Waals surface area contributed by atoms with Crippen LogP contribution in [0.15, 0.2) is 0 Å². The molecule has 1 spiro atoms. The van der Waals surface area contributed by atoms with Gasteiger partial charge >= 0.3 is 7.12 Å². The van der Waals surface area contributed by atoms with Gasteiger partial charge in [0.25, 0.3) is 0 Å². The lowest BCUT2D eigenvalue weighted by molar-refractivity contribution is -0.220. The fourth-order valence-corrected chi connectivity index (χ4v) is 5.26. The summed E-state index contributed by atoms with van der Waals surface area (Å²) in [4.78, 5) is 0. The maximum absolute atomic E-state index is 10.2. The lowest BCUT2D eigenvalue weighted by Gasteiger charge is -2.46. The van der Waals surface area contributed by atoms with Crippen molar-refractivity contribution in [3.8, 4) is 0 Å². The summed E-state index contributed by atoms with van der Waals surface area (Å²) in [5, 5.41) is 10.2. The Labute approximate surface area is 134 Å². The Hall–Kier alpha value is -0.0951. The van der Waals surface area contributed by atoms with E-state index in [4.69, 9.17) is 14.1 Å². The lowest BCUT2D eigenvalue weighted by atomic mass is 9.66. The summed E-state index contributed by atoms with van der Waals surface area (Å²) < 4.78 is 19.1. The summed E-state index contributed by atoms with van der Waals surface area (Å²) in [7, 11) is -0.702. The van der Waals surface area contributed by atoms with Crippen molar-refractivity contribution < 1.29 is 19.2 Å². The first-order chi connectivity index (χ1) is 10.6. The first-order valence-corrected chi connectivity index (χ1v) is 9.33. The van der Waals surface area contributed by atoms with Crippen molar-refractivity contribution in [2.24, 2.45) is 5.92 Å². The largest absolute Gasteiger partial charge is 0.457 e. The maximum Gasteiger partial charge on any atom is 0.457 e. The third-order valence-corrected chi connectivity index (χ3v) is 6.38. The van der Waals surface area contributed by atoms with Crippen LogP contribution >= 0.6 is 0 Å². The molecule has 1 N–H and O–H groups in total. The second-order valence-corrected chi connectivity index (χ2v) is 8.01. The van der Waals surface area contributed by atoms with E-state index in [0.717, 1.165) is 12.8 Å². The Kier molecular flexibility index (Phi) is 4.04. The van der Waals surface area contributed by atoms with Gasteiger partial charge in [0.05, 0.1) is 12.2 Å². The molecule has 4 fully saturated rings. The summed E-state index contributed by atoms with van der Waals surface area (Å²) in [6.45, 7) is 2.17. The summed E-state index contributed by atoms with van der Waals surface area (Å²) in [5.74, 6) is 0.0939. The van der Waals surface area contributed by atoms with Crippen LogP contribution in [0.5, 0.6) is 0 Å². The average molecular weight is 308 g/mol. The zero-order valence-corrected chi connectivity index (χ0v) is 13.8. The zero-order valence-electron chi connectivity index (χ0n) is 13.8. The fraction of sp³-hybridized carbons (Fsp3) is 1.00. The van der Waals surface area contributed by atoms with Crippen molar-refractivity contribution in [2.75, 3.05) is 0 Å². The predicted octanol–water partition coefficient (Wildman–Crippen LogP) is 3.28. The highest BCUT2D eigenvalue weighted by molar-refractivity contribution is 6.43. The second kappa shape index (κ2) is 5.76. The van der Waals surface area contributed by atoms with E-state index in [0.29, 0.717) is 12.2 Å². The van der Waals surface area contributed by atoms with Crippen LogP contribution < -0.4 is 0 Å². The topological polar surface area (TPSA) is 47.9 Å². The van der Waals surface area contributed by atoms with Crippen molar-refractivity contribution in [3.63, 3.8) is 0 Å². The molecule has 0 bridgehead atoms. The van der Waals surface area contributed by atoms with E-state index >= 15 is 0 Å². The molecule has 5 heteroatoms. The molecule has 4 nitrogen and oxygen atoms in total. The molecule has 3 atom stereocenters. The van der Waals surface area contributed by atoms with Crippen LogP contribution in [-0.4, -0.2) is 35.7 Å². The van der Waals surface area contributed by atoms with Gasteiger partial charge < -0.3 is 19.2 Å². The van der Waals surface area contributed by atoms with Crippen LogP contribution in [0.25, 0.3) is 0 Å². The van der Waals surface area contributed by atoms with E-state index in [1.165, 1.54) is 51.4 Å². The quantitative estimate of drug-likeness (QED) is 0.755. The third kappa shape index (κ3) is 2.54. The normalized spacial score (nSPS) is 42.5. The second-order valence-electron chi connectivity index (χ2n) is 8.01. The Balaban J connectivity index is 1.59. The average Bonchev–Trinajstić information content (AvgIpc) is 2.79. The van der Waals surface area contributed by atoms with Crippen LogP contribution in [0.1, 0.15) is 71.1 Å². The molecule has 0 aromatic carbocycles. The minimum Gasteiger partial charge on any atom is -0.427 e. The van der Waals surface area contributed by atoms with Crippen molar-refractivity contribution in [3.05, 3.63) is 0 Å². The van der Waals surface area contributed by atoms with Crippen molar-refractivity contribution in [1.82, 2.24) is 0 Å². The third-order valence-electron chi connectivity index (χ3n) is 6.38. The number of fused-ring (bicyclic) bond motifs is 1. The standard InChI is InChI=1S/C17H29BO4/c1-16-14(20-17(22-16)10-6-3-7-11-17)12-18(19)21-15(16)13-8-4-2-5-9-13/h13-15,19H,2-12H2,1H3/t14-,15-,16-/m0/s1. The number of hydrogen-bond acceptors (Lipinski definition) is 4.